The maximum Gasteiger partial charge on any atom is 0.0239 e. The molecule has 0 aliphatic heterocycles. The zero-order valence-corrected chi connectivity index (χ0v) is 20.8. The Labute approximate surface area is 196 Å². The number of allylic oxidation sites excluding steroid dienone is 3. The van der Waals surface area contributed by atoms with Crippen LogP contribution in [0.15, 0.2) is 66.7 Å². The molecule has 2 aromatic carbocycles. The van der Waals surface area contributed by atoms with Gasteiger partial charge in [0.25, 0.3) is 0 Å². The van der Waals surface area contributed by atoms with E-state index in [1.165, 1.54) is 80.1 Å². The minimum Gasteiger partial charge on any atom is -0.0943 e. The minimum absolute atomic E-state index is 0.116. The second-order valence-electron chi connectivity index (χ2n) is 11.2. The molecule has 0 aromatic heterocycles. The fourth-order valence-corrected chi connectivity index (χ4v) is 6.43. The average Bonchev–Trinajstić information content (AvgIpc) is 3.33. The van der Waals surface area contributed by atoms with Gasteiger partial charge in [-0.2, -0.15) is 0 Å². The van der Waals surface area contributed by atoms with Gasteiger partial charge in [-0.25, -0.2) is 0 Å². The van der Waals surface area contributed by atoms with Crippen LogP contribution < -0.4 is 0 Å². The Kier molecular flexibility index (Phi) is 6.80. The summed E-state index contributed by atoms with van der Waals surface area (Å²) in [5.41, 5.74) is 9.21. The van der Waals surface area contributed by atoms with Crippen molar-refractivity contribution in [3.8, 4) is 0 Å². The standard InChI is InChI=1S/C32H42/c1-6-7-8-10-16-27-23-29-17-13-22-32(29,30(27)26-14-11-9-12-15-26)24(2)25-18-20-28(21-19-25)31(3,4)5/h9,11-12,14-15,18-21,29H,2,6-8,10,13,16-17,22-23H2,1,3-5H3/t29-,32+/m1/s1. The van der Waals surface area contributed by atoms with Gasteiger partial charge in [0, 0.05) is 5.41 Å². The lowest BCUT2D eigenvalue weighted by atomic mass is 9.66. The van der Waals surface area contributed by atoms with Crippen molar-refractivity contribution in [2.24, 2.45) is 11.3 Å². The van der Waals surface area contributed by atoms with Crippen LogP contribution >= 0.6 is 0 Å². The van der Waals surface area contributed by atoms with E-state index in [-0.39, 0.29) is 10.8 Å². The molecule has 0 heteroatoms. The first-order valence-electron chi connectivity index (χ1n) is 13.0. The SMILES string of the molecule is C=C(c1ccc(C(C)(C)C)cc1)[C@@]12CCC[C@@H]1CC(CCCCCC)=C2c1ccccc1. The Morgan fingerprint density at radius 2 is 1.69 bits per heavy atom. The summed E-state index contributed by atoms with van der Waals surface area (Å²) < 4.78 is 0. The number of rotatable bonds is 8. The van der Waals surface area contributed by atoms with Crippen molar-refractivity contribution in [1.82, 2.24) is 0 Å². The monoisotopic (exact) mass is 426 g/mol. The van der Waals surface area contributed by atoms with E-state index < -0.39 is 0 Å². The molecule has 0 amide bonds. The zero-order valence-electron chi connectivity index (χ0n) is 20.8. The second-order valence-corrected chi connectivity index (χ2v) is 11.2. The van der Waals surface area contributed by atoms with Crippen LogP contribution in [0, 0.1) is 11.3 Å². The Morgan fingerprint density at radius 1 is 0.969 bits per heavy atom. The van der Waals surface area contributed by atoms with Crippen LogP contribution in [-0.2, 0) is 5.41 Å². The van der Waals surface area contributed by atoms with Crippen LogP contribution in [0.2, 0.25) is 0 Å². The zero-order chi connectivity index (χ0) is 22.8. The molecule has 170 valence electrons. The van der Waals surface area contributed by atoms with Crippen molar-refractivity contribution in [2.45, 2.75) is 90.9 Å². The van der Waals surface area contributed by atoms with E-state index >= 15 is 0 Å². The smallest absolute Gasteiger partial charge is 0.0239 e. The molecule has 2 atom stereocenters. The highest BCUT2D eigenvalue weighted by Gasteiger charge is 2.52. The molecule has 0 heterocycles. The molecule has 2 aromatic rings. The van der Waals surface area contributed by atoms with E-state index in [4.69, 9.17) is 6.58 Å². The van der Waals surface area contributed by atoms with Crippen molar-refractivity contribution in [3.05, 3.63) is 83.4 Å². The number of benzene rings is 2. The summed E-state index contributed by atoms with van der Waals surface area (Å²) in [5.74, 6) is 0.716. The van der Waals surface area contributed by atoms with Gasteiger partial charge in [-0.1, -0.05) is 120 Å². The van der Waals surface area contributed by atoms with E-state index in [0.29, 0.717) is 5.92 Å². The highest BCUT2D eigenvalue weighted by Crippen LogP contribution is 2.66. The molecule has 1 saturated carbocycles. The summed E-state index contributed by atoms with van der Waals surface area (Å²) in [7, 11) is 0. The number of fused-ring (bicyclic) bond motifs is 1. The van der Waals surface area contributed by atoms with E-state index in [0.717, 1.165) is 0 Å². The lowest BCUT2D eigenvalue weighted by Gasteiger charge is -2.36. The maximum atomic E-state index is 4.82. The van der Waals surface area contributed by atoms with Crippen LogP contribution in [0.1, 0.15) is 102 Å². The van der Waals surface area contributed by atoms with Crippen molar-refractivity contribution in [2.75, 3.05) is 0 Å². The molecular formula is C32H42. The number of unbranched alkanes of at least 4 members (excludes halogenated alkanes) is 3. The first-order valence-corrected chi connectivity index (χ1v) is 13.0. The molecule has 0 saturated heterocycles. The van der Waals surface area contributed by atoms with Gasteiger partial charge in [-0.3, -0.25) is 0 Å². The number of hydrogen-bond acceptors (Lipinski definition) is 0. The Morgan fingerprint density at radius 3 is 2.34 bits per heavy atom. The summed E-state index contributed by atoms with van der Waals surface area (Å²) in [6, 6.07) is 20.6. The van der Waals surface area contributed by atoms with Gasteiger partial charge < -0.3 is 0 Å². The van der Waals surface area contributed by atoms with Crippen LogP contribution in [-0.4, -0.2) is 0 Å². The van der Waals surface area contributed by atoms with Gasteiger partial charge in [-0.05, 0) is 71.3 Å². The fraction of sp³-hybridized carbons (Fsp3) is 0.500. The topological polar surface area (TPSA) is 0 Å². The predicted molar refractivity (Wildman–Crippen MR) is 141 cm³/mol. The molecule has 1 fully saturated rings. The first kappa shape index (κ1) is 23.1. The van der Waals surface area contributed by atoms with Crippen molar-refractivity contribution >= 4 is 11.1 Å². The maximum absolute atomic E-state index is 4.82. The molecule has 0 spiro atoms. The van der Waals surface area contributed by atoms with Gasteiger partial charge in [0.15, 0.2) is 0 Å². The first-order chi connectivity index (χ1) is 15.4. The lowest BCUT2D eigenvalue weighted by molar-refractivity contribution is 0.406. The van der Waals surface area contributed by atoms with Gasteiger partial charge in [0.1, 0.15) is 0 Å². The van der Waals surface area contributed by atoms with Gasteiger partial charge in [0.05, 0.1) is 0 Å². The molecule has 2 aliphatic carbocycles. The third-order valence-corrected chi connectivity index (χ3v) is 8.15. The van der Waals surface area contributed by atoms with E-state index in [1.54, 1.807) is 11.1 Å². The molecule has 0 N–H and O–H groups in total. The molecule has 32 heavy (non-hydrogen) atoms. The van der Waals surface area contributed by atoms with Gasteiger partial charge in [-0.15, -0.1) is 0 Å². The van der Waals surface area contributed by atoms with E-state index in [1.807, 2.05) is 0 Å². The van der Waals surface area contributed by atoms with Crippen LogP contribution in [0.5, 0.6) is 0 Å². The molecular weight excluding hydrogens is 384 g/mol. The van der Waals surface area contributed by atoms with Crippen LogP contribution in [0.25, 0.3) is 11.1 Å². The normalized spacial score (nSPS) is 22.9. The summed E-state index contributed by atoms with van der Waals surface area (Å²) in [4.78, 5) is 0. The minimum atomic E-state index is 0.116. The third-order valence-electron chi connectivity index (χ3n) is 8.15. The van der Waals surface area contributed by atoms with E-state index in [2.05, 4.69) is 82.3 Å². The highest BCUT2D eigenvalue weighted by molar-refractivity contribution is 5.90. The van der Waals surface area contributed by atoms with E-state index in [9.17, 15) is 0 Å². The van der Waals surface area contributed by atoms with Crippen molar-refractivity contribution in [1.29, 1.82) is 0 Å². The Balaban J connectivity index is 1.74. The lowest BCUT2D eigenvalue weighted by Crippen LogP contribution is -2.25. The van der Waals surface area contributed by atoms with Gasteiger partial charge in [0.2, 0.25) is 0 Å². The predicted octanol–water partition coefficient (Wildman–Crippen LogP) is 9.61. The average molecular weight is 427 g/mol. The van der Waals surface area contributed by atoms with Crippen LogP contribution in [0.4, 0.5) is 0 Å². The highest BCUT2D eigenvalue weighted by atomic mass is 14.6. The molecule has 0 unspecified atom stereocenters. The van der Waals surface area contributed by atoms with Crippen molar-refractivity contribution in [3.63, 3.8) is 0 Å². The largest absolute Gasteiger partial charge is 0.0943 e. The molecule has 0 bridgehead atoms. The second kappa shape index (κ2) is 9.42. The summed E-state index contributed by atoms with van der Waals surface area (Å²) >= 11 is 0. The molecule has 4 rings (SSSR count). The Bertz CT molecular complexity index is 951. The molecule has 2 aliphatic rings. The van der Waals surface area contributed by atoms with Gasteiger partial charge >= 0.3 is 0 Å². The number of hydrogen-bond donors (Lipinski definition) is 0. The molecule has 0 radical (unpaired) electrons. The summed E-state index contributed by atoms with van der Waals surface area (Å²) in [5, 5.41) is 0. The summed E-state index contributed by atoms with van der Waals surface area (Å²) in [6.45, 7) is 14.0. The molecule has 0 nitrogen and oxygen atoms in total. The third kappa shape index (κ3) is 4.26. The Hall–Kier alpha value is -2.08. The summed E-state index contributed by atoms with van der Waals surface area (Å²) in [6.07, 6.45) is 11.8. The quantitative estimate of drug-likeness (QED) is 0.368. The fourth-order valence-electron chi connectivity index (χ4n) is 6.43. The van der Waals surface area contributed by atoms with Crippen molar-refractivity contribution < 1.29 is 0 Å². The van der Waals surface area contributed by atoms with Crippen LogP contribution in [0.3, 0.4) is 0 Å².